The van der Waals surface area contributed by atoms with Crippen LogP contribution in [0.15, 0.2) is 48.5 Å². The Morgan fingerprint density at radius 2 is 1.43 bits per heavy atom. The molecule has 0 saturated carbocycles. The van der Waals surface area contributed by atoms with E-state index in [0.29, 0.717) is 0 Å². The Kier molecular flexibility index (Phi) is 4.69. The summed E-state index contributed by atoms with van der Waals surface area (Å²) in [7, 11) is 1.64. The van der Waals surface area contributed by atoms with Crippen molar-refractivity contribution >= 4 is 0 Å². The minimum Gasteiger partial charge on any atom is -0.497 e. The van der Waals surface area contributed by atoms with E-state index in [4.69, 9.17) is 4.74 Å². The summed E-state index contributed by atoms with van der Waals surface area (Å²) in [5, 5.41) is 10.5. The number of benzene rings is 2. The molecular weight excluding hydrogens is 260 g/mol. The van der Waals surface area contributed by atoms with Gasteiger partial charge < -0.3 is 9.84 Å². The largest absolute Gasteiger partial charge is 0.497 e. The highest BCUT2D eigenvalue weighted by Gasteiger charge is 2.18. The maximum absolute atomic E-state index is 10.5. The second-order valence-electron chi connectivity index (χ2n) is 6.04. The molecule has 0 spiro atoms. The molecule has 0 aliphatic rings. The summed E-state index contributed by atoms with van der Waals surface area (Å²) in [5.74, 6) is 0.797. The first-order valence-electron chi connectivity index (χ1n) is 7.40. The van der Waals surface area contributed by atoms with Gasteiger partial charge in [0.1, 0.15) is 11.9 Å². The zero-order chi connectivity index (χ0) is 15.5. The van der Waals surface area contributed by atoms with Crippen LogP contribution in [0, 0.1) is 0 Å². The number of aliphatic hydroxyl groups excluding tert-OH is 1. The van der Waals surface area contributed by atoms with Crippen LogP contribution in [0.3, 0.4) is 0 Å². The molecule has 0 aliphatic carbocycles. The van der Waals surface area contributed by atoms with Crippen molar-refractivity contribution in [1.82, 2.24) is 0 Å². The summed E-state index contributed by atoms with van der Waals surface area (Å²) in [6.45, 7) is 6.67. The Morgan fingerprint density at radius 3 is 1.86 bits per heavy atom. The van der Waals surface area contributed by atoms with E-state index >= 15 is 0 Å². The third kappa shape index (κ3) is 3.45. The molecule has 2 heteroatoms. The molecule has 21 heavy (non-hydrogen) atoms. The molecule has 0 radical (unpaired) electrons. The highest BCUT2D eigenvalue weighted by atomic mass is 16.5. The van der Waals surface area contributed by atoms with Crippen molar-refractivity contribution in [3.63, 3.8) is 0 Å². The van der Waals surface area contributed by atoms with Gasteiger partial charge in [0.25, 0.3) is 0 Å². The van der Waals surface area contributed by atoms with Crippen molar-refractivity contribution < 1.29 is 9.84 Å². The number of hydrogen-bond acceptors (Lipinski definition) is 2. The molecule has 1 unspecified atom stereocenters. The van der Waals surface area contributed by atoms with E-state index in [1.54, 1.807) is 7.11 Å². The second-order valence-corrected chi connectivity index (χ2v) is 6.04. The zero-order valence-electron chi connectivity index (χ0n) is 13.3. The second kappa shape index (κ2) is 6.31. The van der Waals surface area contributed by atoms with Gasteiger partial charge in [0, 0.05) is 0 Å². The summed E-state index contributed by atoms with van der Waals surface area (Å²) < 4.78 is 5.14. The Balaban J connectivity index is 2.21. The smallest absolute Gasteiger partial charge is 0.118 e. The van der Waals surface area contributed by atoms with Crippen LogP contribution in [0.4, 0.5) is 0 Å². The van der Waals surface area contributed by atoms with Crippen LogP contribution in [-0.2, 0) is 5.41 Å². The van der Waals surface area contributed by atoms with Gasteiger partial charge in [0.05, 0.1) is 7.11 Å². The fraction of sp³-hybridized carbons (Fsp3) is 0.368. The van der Waals surface area contributed by atoms with Gasteiger partial charge >= 0.3 is 0 Å². The van der Waals surface area contributed by atoms with Gasteiger partial charge in [-0.3, -0.25) is 0 Å². The molecule has 0 aromatic heterocycles. The third-order valence-corrected chi connectivity index (χ3v) is 4.32. The molecule has 2 aromatic carbocycles. The van der Waals surface area contributed by atoms with Gasteiger partial charge in [0.2, 0.25) is 0 Å². The highest BCUT2D eigenvalue weighted by molar-refractivity contribution is 5.36. The summed E-state index contributed by atoms with van der Waals surface area (Å²) in [4.78, 5) is 0. The molecule has 0 fully saturated rings. The predicted molar refractivity (Wildman–Crippen MR) is 86.8 cm³/mol. The first kappa shape index (κ1) is 15.6. The molecule has 2 rings (SSSR count). The van der Waals surface area contributed by atoms with E-state index in [1.165, 1.54) is 5.56 Å². The van der Waals surface area contributed by atoms with E-state index in [1.807, 2.05) is 36.4 Å². The van der Waals surface area contributed by atoms with Gasteiger partial charge in [0.15, 0.2) is 0 Å². The van der Waals surface area contributed by atoms with Gasteiger partial charge in [-0.1, -0.05) is 57.2 Å². The van der Waals surface area contributed by atoms with Crippen molar-refractivity contribution in [2.24, 2.45) is 0 Å². The minimum absolute atomic E-state index is 0.170. The van der Waals surface area contributed by atoms with Crippen molar-refractivity contribution in [2.45, 2.75) is 38.7 Å². The summed E-state index contributed by atoms with van der Waals surface area (Å²) in [6, 6.07) is 15.8. The van der Waals surface area contributed by atoms with E-state index in [-0.39, 0.29) is 5.41 Å². The Labute approximate surface area is 127 Å². The van der Waals surface area contributed by atoms with Crippen LogP contribution in [0.5, 0.6) is 5.75 Å². The number of ether oxygens (including phenoxy) is 1. The molecule has 1 N–H and O–H groups in total. The normalized spacial score (nSPS) is 13.0. The van der Waals surface area contributed by atoms with E-state index < -0.39 is 6.10 Å². The molecule has 0 amide bonds. The van der Waals surface area contributed by atoms with Crippen molar-refractivity contribution in [3.05, 3.63) is 65.2 Å². The maximum atomic E-state index is 10.5. The summed E-state index contributed by atoms with van der Waals surface area (Å²) in [6.07, 6.45) is 0.489. The lowest BCUT2D eigenvalue weighted by atomic mass is 9.82. The molecule has 2 nitrogen and oxygen atoms in total. The van der Waals surface area contributed by atoms with E-state index in [2.05, 4.69) is 32.9 Å². The van der Waals surface area contributed by atoms with Crippen LogP contribution in [0.25, 0.3) is 0 Å². The maximum Gasteiger partial charge on any atom is 0.118 e. The van der Waals surface area contributed by atoms with Gasteiger partial charge in [-0.05, 0) is 40.7 Å². The van der Waals surface area contributed by atoms with Crippen molar-refractivity contribution in [3.8, 4) is 5.75 Å². The van der Waals surface area contributed by atoms with Crippen LogP contribution >= 0.6 is 0 Å². The van der Waals surface area contributed by atoms with Crippen LogP contribution in [-0.4, -0.2) is 12.2 Å². The van der Waals surface area contributed by atoms with E-state index in [9.17, 15) is 5.11 Å². The summed E-state index contributed by atoms with van der Waals surface area (Å²) >= 11 is 0. The third-order valence-electron chi connectivity index (χ3n) is 4.32. The van der Waals surface area contributed by atoms with Crippen LogP contribution in [0.1, 0.15) is 50.0 Å². The highest BCUT2D eigenvalue weighted by Crippen LogP contribution is 2.29. The first-order chi connectivity index (χ1) is 9.97. The standard InChI is InChI=1S/C19H24O2/c1-5-19(2,3)16-10-6-14(7-11-16)18(20)15-8-12-17(21-4)13-9-15/h6-13,18,20H,5H2,1-4H3. The molecule has 112 valence electrons. The predicted octanol–water partition coefficient (Wildman–Crippen LogP) is 4.46. The average Bonchev–Trinajstić information content (AvgIpc) is 2.54. The first-order valence-corrected chi connectivity index (χ1v) is 7.40. The number of methoxy groups -OCH3 is 1. The Hall–Kier alpha value is -1.80. The number of hydrogen-bond donors (Lipinski definition) is 1. The molecular formula is C19H24O2. The molecule has 1 atom stereocenters. The Morgan fingerprint density at radius 1 is 0.952 bits per heavy atom. The van der Waals surface area contributed by atoms with Crippen molar-refractivity contribution in [1.29, 1.82) is 0 Å². The molecule has 0 saturated heterocycles. The lowest BCUT2D eigenvalue weighted by Crippen LogP contribution is -2.15. The van der Waals surface area contributed by atoms with Gasteiger partial charge in [-0.25, -0.2) is 0 Å². The topological polar surface area (TPSA) is 29.5 Å². The van der Waals surface area contributed by atoms with Gasteiger partial charge in [-0.15, -0.1) is 0 Å². The lowest BCUT2D eigenvalue weighted by Gasteiger charge is -2.24. The zero-order valence-corrected chi connectivity index (χ0v) is 13.3. The van der Waals surface area contributed by atoms with E-state index in [0.717, 1.165) is 23.3 Å². The fourth-order valence-corrected chi connectivity index (χ4v) is 2.30. The SMILES string of the molecule is CCC(C)(C)c1ccc(C(O)c2ccc(OC)cc2)cc1. The summed E-state index contributed by atoms with van der Waals surface area (Å²) in [5.41, 5.74) is 3.26. The average molecular weight is 284 g/mol. The fourth-order valence-electron chi connectivity index (χ4n) is 2.30. The molecule has 0 bridgehead atoms. The quantitative estimate of drug-likeness (QED) is 0.878. The van der Waals surface area contributed by atoms with Gasteiger partial charge in [-0.2, -0.15) is 0 Å². The number of aliphatic hydroxyl groups is 1. The minimum atomic E-state index is -0.602. The molecule has 2 aromatic rings. The van der Waals surface area contributed by atoms with Crippen LogP contribution < -0.4 is 4.74 Å². The monoisotopic (exact) mass is 284 g/mol. The number of rotatable bonds is 5. The Bertz CT molecular complexity index is 568. The van der Waals surface area contributed by atoms with Crippen LogP contribution in [0.2, 0.25) is 0 Å². The lowest BCUT2D eigenvalue weighted by molar-refractivity contribution is 0.220. The molecule has 0 heterocycles. The molecule has 0 aliphatic heterocycles. The van der Waals surface area contributed by atoms with Crippen molar-refractivity contribution in [2.75, 3.05) is 7.11 Å².